The van der Waals surface area contributed by atoms with Crippen LogP contribution >= 0.6 is 27.7 Å². The number of allylic oxidation sites excluding steroid dienone is 2. The van der Waals surface area contributed by atoms with E-state index in [2.05, 4.69) is 54.2 Å². The molecular formula is C22H27BrN4OS. The Morgan fingerprint density at radius 3 is 2.90 bits per heavy atom. The van der Waals surface area contributed by atoms with Gasteiger partial charge in [0, 0.05) is 27.9 Å². The van der Waals surface area contributed by atoms with Gasteiger partial charge in [-0.05, 0) is 36.0 Å². The van der Waals surface area contributed by atoms with Crippen molar-refractivity contribution in [1.82, 2.24) is 14.8 Å². The predicted molar refractivity (Wildman–Crippen MR) is 121 cm³/mol. The van der Waals surface area contributed by atoms with Crippen LogP contribution in [-0.4, -0.2) is 26.3 Å². The number of ketones is 1. The molecule has 1 aliphatic heterocycles. The lowest BCUT2D eigenvalue weighted by molar-refractivity contribution is -0.118. The van der Waals surface area contributed by atoms with Gasteiger partial charge in [0.1, 0.15) is 6.04 Å². The Balaban J connectivity index is 1.74. The number of carbonyl (C=O) groups is 1. The van der Waals surface area contributed by atoms with Crippen molar-refractivity contribution in [3.8, 4) is 0 Å². The van der Waals surface area contributed by atoms with Crippen LogP contribution in [-0.2, 0) is 4.79 Å². The van der Waals surface area contributed by atoms with Crippen LogP contribution in [0.2, 0.25) is 0 Å². The van der Waals surface area contributed by atoms with E-state index in [1.54, 1.807) is 11.8 Å². The Labute approximate surface area is 184 Å². The highest BCUT2D eigenvalue weighted by atomic mass is 79.9. The molecule has 2 aliphatic rings. The van der Waals surface area contributed by atoms with Crippen LogP contribution in [0.5, 0.6) is 0 Å². The first-order valence-electron chi connectivity index (χ1n) is 10.3. The molecule has 5 nitrogen and oxygen atoms in total. The summed E-state index contributed by atoms with van der Waals surface area (Å²) in [5, 5.41) is 9.02. The first kappa shape index (κ1) is 20.7. The SMILES string of the molecule is CCCCCSc1nc2n(n1)C(c1cccc(Br)c1)C1=C(CC(C)(C)CC1=O)N2. The first-order valence-corrected chi connectivity index (χ1v) is 12.0. The summed E-state index contributed by atoms with van der Waals surface area (Å²) in [5.74, 6) is 1.95. The quantitative estimate of drug-likeness (QED) is 0.411. The van der Waals surface area contributed by atoms with Gasteiger partial charge < -0.3 is 5.32 Å². The van der Waals surface area contributed by atoms with Crippen LogP contribution in [0.25, 0.3) is 0 Å². The molecule has 29 heavy (non-hydrogen) atoms. The van der Waals surface area contributed by atoms with Gasteiger partial charge in [-0.1, -0.05) is 73.4 Å². The summed E-state index contributed by atoms with van der Waals surface area (Å²) in [4.78, 5) is 18.0. The average Bonchev–Trinajstić information content (AvgIpc) is 3.05. The van der Waals surface area contributed by atoms with E-state index in [9.17, 15) is 4.79 Å². The van der Waals surface area contributed by atoms with Crippen LogP contribution in [0.4, 0.5) is 5.95 Å². The Morgan fingerprint density at radius 1 is 1.31 bits per heavy atom. The second kappa shape index (κ2) is 8.26. The largest absolute Gasteiger partial charge is 0.328 e. The normalized spacial score (nSPS) is 20.3. The fourth-order valence-corrected chi connectivity index (χ4v) is 5.40. The summed E-state index contributed by atoms with van der Waals surface area (Å²) >= 11 is 5.27. The molecule has 0 bridgehead atoms. The van der Waals surface area contributed by atoms with Crippen LogP contribution in [0.15, 0.2) is 45.2 Å². The van der Waals surface area contributed by atoms with E-state index < -0.39 is 0 Å². The van der Waals surface area contributed by atoms with Crippen molar-refractivity contribution in [2.24, 2.45) is 5.41 Å². The van der Waals surface area contributed by atoms with E-state index in [4.69, 9.17) is 10.1 Å². The number of hydrogen-bond donors (Lipinski definition) is 1. The van der Waals surface area contributed by atoms with Gasteiger partial charge in [0.2, 0.25) is 11.1 Å². The molecule has 1 N–H and O–H groups in total. The molecular weight excluding hydrogens is 448 g/mol. The highest BCUT2D eigenvalue weighted by Gasteiger charge is 2.41. The minimum atomic E-state index is -0.236. The smallest absolute Gasteiger partial charge is 0.227 e. The van der Waals surface area contributed by atoms with Crippen LogP contribution in [0.1, 0.15) is 64.5 Å². The van der Waals surface area contributed by atoms with Gasteiger partial charge in [-0.3, -0.25) is 4.79 Å². The lowest BCUT2D eigenvalue weighted by Gasteiger charge is -2.38. The number of aromatic nitrogens is 3. The van der Waals surface area contributed by atoms with E-state index in [1.807, 2.05) is 16.8 Å². The number of nitrogens with one attached hydrogen (secondary N) is 1. The number of fused-ring (bicyclic) bond motifs is 1. The Morgan fingerprint density at radius 2 is 2.14 bits per heavy atom. The van der Waals surface area contributed by atoms with Gasteiger partial charge in [-0.15, -0.1) is 5.10 Å². The van der Waals surface area contributed by atoms with Crippen molar-refractivity contribution < 1.29 is 4.79 Å². The molecule has 0 spiro atoms. The summed E-state index contributed by atoms with van der Waals surface area (Å²) in [5.41, 5.74) is 2.83. The molecule has 0 saturated heterocycles. The number of rotatable bonds is 6. The number of unbranched alkanes of at least 4 members (excludes halogenated alkanes) is 2. The van der Waals surface area contributed by atoms with E-state index in [1.165, 1.54) is 12.8 Å². The maximum absolute atomic E-state index is 13.2. The van der Waals surface area contributed by atoms with E-state index >= 15 is 0 Å². The number of thioether (sulfide) groups is 1. The second-order valence-corrected chi connectivity index (χ2v) is 10.6. The number of anilines is 1. The summed E-state index contributed by atoms with van der Waals surface area (Å²) in [6, 6.07) is 7.92. The maximum Gasteiger partial charge on any atom is 0.227 e. The van der Waals surface area contributed by atoms with Gasteiger partial charge in [0.05, 0.1) is 0 Å². The van der Waals surface area contributed by atoms with Gasteiger partial charge in [0.25, 0.3) is 0 Å². The van der Waals surface area contributed by atoms with Crippen LogP contribution in [0, 0.1) is 5.41 Å². The molecule has 1 atom stereocenters. The zero-order valence-electron chi connectivity index (χ0n) is 17.2. The average molecular weight is 475 g/mol. The molecule has 1 aromatic carbocycles. The van der Waals surface area contributed by atoms with Crippen molar-refractivity contribution in [3.05, 3.63) is 45.6 Å². The monoisotopic (exact) mass is 474 g/mol. The van der Waals surface area contributed by atoms with Crippen molar-refractivity contribution in [2.45, 2.75) is 64.1 Å². The van der Waals surface area contributed by atoms with Crippen LogP contribution < -0.4 is 5.32 Å². The fourth-order valence-electron chi connectivity index (χ4n) is 4.15. The molecule has 0 saturated carbocycles. The standard InChI is InChI=1S/C22H27BrN4OS/c1-4-5-6-10-29-21-25-20-24-16-12-22(2,3)13-17(28)18(16)19(27(20)26-21)14-8-7-9-15(23)11-14/h7-9,11,19H,4-6,10,12-13H2,1-3H3,(H,24,25,26). The Kier molecular flexibility index (Phi) is 5.89. The predicted octanol–water partition coefficient (Wildman–Crippen LogP) is 5.98. The molecule has 2 aromatic rings. The van der Waals surface area contributed by atoms with Gasteiger partial charge >= 0.3 is 0 Å². The molecule has 7 heteroatoms. The van der Waals surface area contributed by atoms with Crippen molar-refractivity contribution >= 4 is 39.4 Å². The van der Waals surface area contributed by atoms with E-state index in [-0.39, 0.29) is 17.2 Å². The third-order valence-electron chi connectivity index (χ3n) is 5.46. The maximum atomic E-state index is 13.2. The van der Waals surface area contributed by atoms with E-state index in [0.717, 1.165) is 51.0 Å². The van der Waals surface area contributed by atoms with Gasteiger partial charge in [-0.2, -0.15) is 4.98 Å². The minimum Gasteiger partial charge on any atom is -0.328 e. The van der Waals surface area contributed by atoms with E-state index in [0.29, 0.717) is 6.42 Å². The summed E-state index contributed by atoms with van der Waals surface area (Å²) in [6.07, 6.45) is 4.98. The molecule has 0 fully saturated rings. The minimum absolute atomic E-state index is 0.0509. The zero-order chi connectivity index (χ0) is 20.6. The Hall–Kier alpha value is -1.60. The molecule has 154 valence electrons. The molecule has 0 amide bonds. The Bertz CT molecular complexity index is 965. The van der Waals surface area contributed by atoms with Crippen molar-refractivity contribution in [2.75, 3.05) is 11.1 Å². The first-order chi connectivity index (χ1) is 13.9. The number of Topliss-reactive ketones (excluding diaryl/α,β-unsaturated/α-hetero) is 1. The van der Waals surface area contributed by atoms with Gasteiger partial charge in [-0.25, -0.2) is 4.68 Å². The third kappa shape index (κ3) is 4.31. The lowest BCUT2D eigenvalue weighted by atomic mass is 9.73. The zero-order valence-corrected chi connectivity index (χ0v) is 19.6. The van der Waals surface area contributed by atoms with Crippen molar-refractivity contribution in [3.63, 3.8) is 0 Å². The molecule has 2 heterocycles. The number of halogens is 1. The van der Waals surface area contributed by atoms with Gasteiger partial charge in [0.15, 0.2) is 5.78 Å². The second-order valence-electron chi connectivity index (χ2n) is 8.63. The fraction of sp³-hybridized carbons (Fsp3) is 0.500. The number of nitrogens with zero attached hydrogens (tertiary/aromatic N) is 3. The summed E-state index contributed by atoms with van der Waals surface area (Å²) < 4.78 is 2.90. The lowest BCUT2D eigenvalue weighted by Crippen LogP contribution is -2.36. The molecule has 1 aromatic heterocycles. The molecule has 0 radical (unpaired) electrons. The highest BCUT2D eigenvalue weighted by molar-refractivity contribution is 9.10. The van der Waals surface area contributed by atoms with Crippen molar-refractivity contribution in [1.29, 1.82) is 0 Å². The summed E-state index contributed by atoms with van der Waals surface area (Å²) in [6.45, 7) is 6.51. The van der Waals surface area contributed by atoms with Crippen LogP contribution in [0.3, 0.4) is 0 Å². The number of hydrogen-bond acceptors (Lipinski definition) is 5. The molecule has 1 unspecified atom stereocenters. The highest BCUT2D eigenvalue weighted by Crippen LogP contribution is 2.45. The molecule has 1 aliphatic carbocycles. The topological polar surface area (TPSA) is 59.8 Å². The number of carbonyl (C=O) groups excluding carboxylic acids is 1. The number of benzene rings is 1. The third-order valence-corrected chi connectivity index (χ3v) is 6.87. The molecule has 4 rings (SSSR count). The summed E-state index contributed by atoms with van der Waals surface area (Å²) in [7, 11) is 0.